The van der Waals surface area contributed by atoms with Gasteiger partial charge < -0.3 is 9.30 Å². The van der Waals surface area contributed by atoms with Crippen molar-refractivity contribution in [2.45, 2.75) is 38.0 Å². The summed E-state index contributed by atoms with van der Waals surface area (Å²) in [5, 5.41) is 0. The number of ether oxygens (including phenoxy) is 1. The van der Waals surface area contributed by atoms with E-state index in [0.717, 1.165) is 13.1 Å². The highest BCUT2D eigenvalue weighted by Gasteiger charge is 2.34. The number of hydrogen-bond acceptors (Lipinski definition) is 4. The van der Waals surface area contributed by atoms with Crippen LogP contribution in [0.25, 0.3) is 0 Å². The number of alkyl halides is 3. The average Bonchev–Trinajstić information content (AvgIpc) is 2.40. The maximum atomic E-state index is 12.7. The number of Topliss-reactive ketones (excluding diaryl/α,β-unsaturated/α-hetero) is 1. The number of esters is 1. The number of nitrogens with zero attached hydrogens (tertiary/aromatic N) is 1. The number of pyridine rings is 1. The molecule has 0 bridgehead atoms. The largest absolute Gasteiger partial charge is 0.458 e. The van der Waals surface area contributed by atoms with Crippen molar-refractivity contribution in [1.82, 2.24) is 4.57 Å². The van der Waals surface area contributed by atoms with Crippen LogP contribution in [0.4, 0.5) is 13.2 Å². The van der Waals surface area contributed by atoms with Crippen molar-refractivity contribution >= 4 is 11.8 Å². The minimum atomic E-state index is -4.69. The Morgan fingerprint density at radius 2 is 2.00 bits per heavy atom. The minimum Gasteiger partial charge on any atom is -0.458 e. The van der Waals surface area contributed by atoms with Gasteiger partial charge in [-0.25, -0.2) is 4.79 Å². The fourth-order valence-electron chi connectivity index (χ4n) is 2.38. The quantitative estimate of drug-likeness (QED) is 0.783. The van der Waals surface area contributed by atoms with Crippen LogP contribution in [0.1, 0.15) is 41.7 Å². The molecule has 8 heteroatoms. The fourth-order valence-corrected chi connectivity index (χ4v) is 2.38. The molecule has 0 N–H and O–H groups in total. The minimum absolute atomic E-state index is 0.0376. The molecule has 0 aromatic carbocycles. The SMILES string of the molecule is Cn1c(C(F)(F)F)ccc(C(=O)OC2CCCC(=O)C2)c1=O. The topological polar surface area (TPSA) is 65.4 Å². The predicted octanol–water partition coefficient (Wildman–Crippen LogP) is 2.07. The van der Waals surface area contributed by atoms with Gasteiger partial charge in [-0.15, -0.1) is 0 Å². The zero-order valence-corrected chi connectivity index (χ0v) is 11.8. The molecule has 1 aliphatic carbocycles. The Kier molecular flexibility index (Phi) is 4.39. The Balaban J connectivity index is 2.22. The van der Waals surface area contributed by atoms with E-state index in [0.29, 0.717) is 29.9 Å². The van der Waals surface area contributed by atoms with Gasteiger partial charge in [-0.1, -0.05) is 0 Å². The molecule has 0 saturated heterocycles. The number of carbonyl (C=O) groups excluding carboxylic acids is 2. The van der Waals surface area contributed by atoms with Crippen molar-refractivity contribution in [2.75, 3.05) is 0 Å². The van der Waals surface area contributed by atoms with Gasteiger partial charge in [-0.05, 0) is 25.0 Å². The average molecular weight is 317 g/mol. The van der Waals surface area contributed by atoms with Crippen LogP contribution >= 0.6 is 0 Å². The smallest absolute Gasteiger partial charge is 0.431 e. The maximum absolute atomic E-state index is 12.7. The summed E-state index contributed by atoms with van der Waals surface area (Å²) in [4.78, 5) is 35.1. The monoisotopic (exact) mass is 317 g/mol. The molecule has 5 nitrogen and oxygen atoms in total. The molecule has 1 aromatic rings. The van der Waals surface area contributed by atoms with E-state index in [1.165, 1.54) is 0 Å². The van der Waals surface area contributed by atoms with Crippen molar-refractivity contribution in [1.29, 1.82) is 0 Å². The lowest BCUT2D eigenvalue weighted by atomic mass is 9.96. The highest BCUT2D eigenvalue weighted by Crippen LogP contribution is 2.28. The van der Waals surface area contributed by atoms with Crippen LogP contribution in [0.3, 0.4) is 0 Å². The van der Waals surface area contributed by atoms with Gasteiger partial charge in [-0.3, -0.25) is 9.59 Å². The molecule has 22 heavy (non-hydrogen) atoms. The first kappa shape index (κ1) is 16.3. The standard InChI is InChI=1S/C14H14F3NO4/c1-18-11(14(15,16)17)6-5-10(12(18)20)13(21)22-9-4-2-3-8(19)7-9/h5-6,9H,2-4,7H2,1H3. The van der Waals surface area contributed by atoms with Gasteiger partial charge >= 0.3 is 12.1 Å². The molecule has 0 radical (unpaired) electrons. The zero-order valence-electron chi connectivity index (χ0n) is 11.8. The van der Waals surface area contributed by atoms with Crippen molar-refractivity contribution in [3.8, 4) is 0 Å². The highest BCUT2D eigenvalue weighted by molar-refractivity contribution is 5.89. The Hall–Kier alpha value is -2.12. The van der Waals surface area contributed by atoms with Crippen LogP contribution in [-0.2, 0) is 22.8 Å². The summed E-state index contributed by atoms with van der Waals surface area (Å²) >= 11 is 0. The second kappa shape index (κ2) is 5.94. The van der Waals surface area contributed by atoms with E-state index in [-0.39, 0.29) is 12.2 Å². The first-order valence-electron chi connectivity index (χ1n) is 6.70. The van der Waals surface area contributed by atoms with Crippen LogP contribution in [0.15, 0.2) is 16.9 Å². The number of aromatic nitrogens is 1. The zero-order chi connectivity index (χ0) is 16.5. The highest BCUT2D eigenvalue weighted by atomic mass is 19.4. The van der Waals surface area contributed by atoms with Crippen LogP contribution < -0.4 is 5.56 Å². The third-order valence-corrected chi connectivity index (χ3v) is 3.53. The molecule has 1 unspecified atom stereocenters. The van der Waals surface area contributed by atoms with E-state index in [4.69, 9.17) is 4.74 Å². The summed E-state index contributed by atoms with van der Waals surface area (Å²) < 4.78 is 43.4. The summed E-state index contributed by atoms with van der Waals surface area (Å²) in [5.41, 5.74) is -2.71. The first-order chi connectivity index (χ1) is 10.2. The van der Waals surface area contributed by atoms with Crippen LogP contribution in [-0.4, -0.2) is 22.4 Å². The number of carbonyl (C=O) groups is 2. The van der Waals surface area contributed by atoms with E-state index in [2.05, 4.69) is 0 Å². The van der Waals surface area contributed by atoms with E-state index < -0.39 is 35.1 Å². The molecule has 2 rings (SSSR count). The summed E-state index contributed by atoms with van der Waals surface area (Å²) in [7, 11) is 0.937. The molecule has 1 aromatic heterocycles. The third kappa shape index (κ3) is 3.37. The van der Waals surface area contributed by atoms with Crippen molar-refractivity contribution < 1.29 is 27.5 Å². The molecule has 0 aliphatic heterocycles. The Morgan fingerprint density at radius 1 is 1.32 bits per heavy atom. The molecule has 0 spiro atoms. The van der Waals surface area contributed by atoms with Crippen molar-refractivity contribution in [2.24, 2.45) is 7.05 Å². The summed E-state index contributed by atoms with van der Waals surface area (Å²) in [6, 6.07) is 1.46. The van der Waals surface area contributed by atoms with Crippen LogP contribution in [0.2, 0.25) is 0 Å². The lowest BCUT2D eigenvalue weighted by Gasteiger charge is -2.21. The van der Waals surface area contributed by atoms with E-state index >= 15 is 0 Å². The lowest BCUT2D eigenvalue weighted by molar-refractivity contribution is -0.143. The van der Waals surface area contributed by atoms with Gasteiger partial charge in [0, 0.05) is 19.9 Å². The molecule has 1 saturated carbocycles. The Labute approximate surface area is 123 Å². The Bertz CT molecular complexity index is 663. The molecule has 1 aliphatic rings. The van der Waals surface area contributed by atoms with Gasteiger partial charge in [0.15, 0.2) is 0 Å². The van der Waals surface area contributed by atoms with E-state index in [1.54, 1.807) is 0 Å². The Morgan fingerprint density at radius 3 is 2.59 bits per heavy atom. The number of hydrogen-bond donors (Lipinski definition) is 0. The fraction of sp³-hybridized carbons (Fsp3) is 0.500. The van der Waals surface area contributed by atoms with Gasteiger partial charge in [-0.2, -0.15) is 13.2 Å². The van der Waals surface area contributed by atoms with Gasteiger partial charge in [0.05, 0.1) is 0 Å². The molecule has 0 amide bonds. The maximum Gasteiger partial charge on any atom is 0.431 e. The summed E-state index contributed by atoms with van der Waals surface area (Å²) in [5.74, 6) is -1.04. The van der Waals surface area contributed by atoms with Crippen molar-refractivity contribution in [3.05, 3.63) is 33.7 Å². The first-order valence-corrected chi connectivity index (χ1v) is 6.70. The molecular weight excluding hydrogens is 303 g/mol. The van der Waals surface area contributed by atoms with Crippen LogP contribution in [0, 0.1) is 0 Å². The van der Waals surface area contributed by atoms with Gasteiger partial charge in [0.1, 0.15) is 23.1 Å². The predicted molar refractivity (Wildman–Crippen MR) is 69.4 cm³/mol. The number of halogens is 3. The summed E-state index contributed by atoms with van der Waals surface area (Å²) in [6.07, 6.45) is -3.73. The second-order valence-corrected chi connectivity index (χ2v) is 5.16. The molecule has 120 valence electrons. The normalized spacial score (nSPS) is 19.1. The van der Waals surface area contributed by atoms with Crippen LogP contribution in [0.5, 0.6) is 0 Å². The molecule has 1 atom stereocenters. The third-order valence-electron chi connectivity index (χ3n) is 3.53. The van der Waals surface area contributed by atoms with E-state index in [9.17, 15) is 27.6 Å². The van der Waals surface area contributed by atoms with E-state index in [1.807, 2.05) is 0 Å². The van der Waals surface area contributed by atoms with Gasteiger partial charge in [0.25, 0.3) is 5.56 Å². The molecular formula is C14H14F3NO4. The number of ketones is 1. The summed E-state index contributed by atoms with van der Waals surface area (Å²) in [6.45, 7) is 0. The molecule has 1 fully saturated rings. The van der Waals surface area contributed by atoms with Crippen molar-refractivity contribution in [3.63, 3.8) is 0 Å². The number of rotatable bonds is 2. The lowest BCUT2D eigenvalue weighted by Crippen LogP contribution is -2.32. The second-order valence-electron chi connectivity index (χ2n) is 5.16. The molecule has 1 heterocycles. The van der Waals surface area contributed by atoms with Gasteiger partial charge in [0.2, 0.25) is 0 Å².